The average Bonchev–Trinajstić information content (AvgIpc) is 3.36. The van der Waals surface area contributed by atoms with Gasteiger partial charge >= 0.3 is 0 Å². The highest BCUT2D eigenvalue weighted by Gasteiger charge is 2.55. The zero-order valence-corrected chi connectivity index (χ0v) is 20.9. The first-order chi connectivity index (χ1) is 16.2. The minimum absolute atomic E-state index is 0.00506. The molecule has 0 atom stereocenters. The van der Waals surface area contributed by atoms with Gasteiger partial charge in [-0.15, -0.1) is 0 Å². The first kappa shape index (κ1) is 24.5. The molecule has 1 N–H and O–H groups in total. The maximum Gasteiger partial charge on any atom is 0.244 e. The number of aryl methyl sites for hydroxylation is 2. The summed E-state index contributed by atoms with van der Waals surface area (Å²) in [6.07, 6.45) is 3.28. The van der Waals surface area contributed by atoms with Crippen LogP contribution < -0.4 is 5.32 Å². The largest absolute Gasteiger partial charge is 0.352 e. The quantitative estimate of drug-likeness (QED) is 0.676. The summed E-state index contributed by atoms with van der Waals surface area (Å²) < 4.78 is 26.4. The number of benzene rings is 2. The molecule has 2 aromatic rings. The fourth-order valence-corrected chi connectivity index (χ4v) is 7.75. The molecule has 2 fully saturated rings. The van der Waals surface area contributed by atoms with Crippen LogP contribution in [-0.2, 0) is 26.0 Å². The second-order valence-corrected chi connectivity index (χ2v) is 12.0. The van der Waals surface area contributed by atoms with Gasteiger partial charge in [0.15, 0.2) is 14.6 Å². The van der Waals surface area contributed by atoms with Crippen molar-refractivity contribution in [2.75, 3.05) is 13.1 Å². The fourth-order valence-electron chi connectivity index (χ4n) is 5.31. The molecule has 182 valence electrons. The molecule has 0 radical (unpaired) electrons. The topological polar surface area (TPSA) is 83.6 Å². The summed E-state index contributed by atoms with van der Waals surface area (Å²) in [5.41, 5.74) is 2.59. The van der Waals surface area contributed by atoms with E-state index in [0.29, 0.717) is 50.9 Å². The van der Waals surface area contributed by atoms with Crippen LogP contribution in [0.25, 0.3) is 0 Å². The Balaban J connectivity index is 1.45. The molecule has 34 heavy (non-hydrogen) atoms. The third-order valence-electron chi connectivity index (χ3n) is 7.41. The van der Waals surface area contributed by atoms with Gasteiger partial charge < -0.3 is 10.2 Å². The van der Waals surface area contributed by atoms with Crippen molar-refractivity contribution in [1.29, 1.82) is 0 Å². The van der Waals surface area contributed by atoms with Crippen LogP contribution in [0.3, 0.4) is 0 Å². The van der Waals surface area contributed by atoms with Crippen molar-refractivity contribution in [1.82, 2.24) is 10.2 Å². The molecule has 1 aliphatic carbocycles. The van der Waals surface area contributed by atoms with Gasteiger partial charge in [-0.2, -0.15) is 0 Å². The van der Waals surface area contributed by atoms with Gasteiger partial charge in [0.25, 0.3) is 0 Å². The highest BCUT2D eigenvalue weighted by molar-refractivity contribution is 7.93. The minimum atomic E-state index is -3.84. The zero-order valence-electron chi connectivity index (χ0n) is 20.0. The van der Waals surface area contributed by atoms with Gasteiger partial charge in [0.2, 0.25) is 11.8 Å². The summed E-state index contributed by atoms with van der Waals surface area (Å²) in [5, 5.41) is 2.99. The molecule has 1 saturated heterocycles. The van der Waals surface area contributed by atoms with Gasteiger partial charge in [0, 0.05) is 25.6 Å². The maximum absolute atomic E-state index is 13.9. The van der Waals surface area contributed by atoms with E-state index in [0.717, 1.165) is 24.0 Å². The molecule has 6 nitrogen and oxygen atoms in total. The van der Waals surface area contributed by atoms with Crippen LogP contribution in [0.1, 0.15) is 55.2 Å². The van der Waals surface area contributed by atoms with Crippen LogP contribution in [0.5, 0.6) is 0 Å². The Kier molecular flexibility index (Phi) is 7.12. The number of nitrogens with zero attached hydrogens (tertiary/aromatic N) is 1. The van der Waals surface area contributed by atoms with Crippen LogP contribution >= 0.6 is 0 Å². The van der Waals surface area contributed by atoms with Gasteiger partial charge in [-0.3, -0.25) is 9.59 Å². The molecule has 0 unspecified atom stereocenters. The number of sulfone groups is 1. The summed E-state index contributed by atoms with van der Waals surface area (Å²) >= 11 is 0. The maximum atomic E-state index is 13.9. The van der Waals surface area contributed by atoms with E-state index in [4.69, 9.17) is 0 Å². The molecule has 1 saturated carbocycles. The van der Waals surface area contributed by atoms with Crippen molar-refractivity contribution in [3.05, 3.63) is 65.2 Å². The SMILES string of the molecule is Cc1ccc(C)c(S(=O)(=O)C2(C(=O)N3CCC(C(=O)NCc4ccccc4)CC3)CCCC2)c1. The molecular weight excluding hydrogens is 448 g/mol. The molecular formula is C27H34N2O4S. The van der Waals surface area contributed by atoms with Crippen molar-refractivity contribution in [3.63, 3.8) is 0 Å². The average molecular weight is 483 g/mol. The number of hydrogen-bond acceptors (Lipinski definition) is 4. The van der Waals surface area contributed by atoms with Crippen LogP contribution in [0.15, 0.2) is 53.4 Å². The van der Waals surface area contributed by atoms with Gasteiger partial charge in [-0.25, -0.2) is 8.42 Å². The predicted molar refractivity (Wildman–Crippen MR) is 132 cm³/mol. The number of nitrogens with one attached hydrogen (secondary N) is 1. The smallest absolute Gasteiger partial charge is 0.244 e. The number of rotatable bonds is 6. The van der Waals surface area contributed by atoms with Crippen molar-refractivity contribution < 1.29 is 18.0 Å². The summed E-state index contributed by atoms with van der Waals surface area (Å²) in [5.74, 6) is -0.452. The lowest BCUT2D eigenvalue weighted by Gasteiger charge is -2.38. The Morgan fingerprint density at radius 3 is 2.29 bits per heavy atom. The Morgan fingerprint density at radius 1 is 1.00 bits per heavy atom. The third-order valence-corrected chi connectivity index (χ3v) is 10.0. The van der Waals surface area contributed by atoms with Gasteiger partial charge in [0.1, 0.15) is 0 Å². The Labute approximate surface area is 202 Å². The Hall–Kier alpha value is -2.67. The number of amides is 2. The number of hydrogen-bond donors (Lipinski definition) is 1. The molecule has 7 heteroatoms. The normalized spacial score (nSPS) is 18.6. The lowest BCUT2D eigenvalue weighted by molar-refractivity contribution is -0.137. The third kappa shape index (κ3) is 4.63. The molecule has 2 aromatic carbocycles. The van der Waals surface area contributed by atoms with Crippen molar-refractivity contribution in [2.45, 2.75) is 68.6 Å². The van der Waals surface area contributed by atoms with Crippen LogP contribution in [-0.4, -0.2) is 43.0 Å². The standard InChI is InChI=1S/C27H34N2O4S/c1-20-10-11-21(2)24(18-20)34(32,33)27(14-6-7-15-27)26(31)29-16-12-23(13-17-29)25(30)28-19-22-8-4-3-5-9-22/h3-5,8-11,18,23H,6-7,12-17,19H2,1-2H3,(H,28,30). The predicted octanol–water partition coefficient (Wildman–Crippen LogP) is 3.94. The summed E-state index contributed by atoms with van der Waals surface area (Å²) in [7, 11) is -3.84. The first-order valence-corrected chi connectivity index (χ1v) is 13.7. The summed E-state index contributed by atoms with van der Waals surface area (Å²) in [6.45, 7) is 4.96. The number of carbonyl (C=O) groups excluding carboxylic acids is 2. The Morgan fingerprint density at radius 2 is 1.65 bits per heavy atom. The molecule has 0 aromatic heterocycles. The zero-order chi connectivity index (χ0) is 24.3. The van der Waals surface area contributed by atoms with E-state index in [1.165, 1.54) is 0 Å². The van der Waals surface area contributed by atoms with Crippen molar-refractivity contribution in [2.24, 2.45) is 5.92 Å². The first-order valence-electron chi connectivity index (χ1n) is 12.2. The monoisotopic (exact) mass is 482 g/mol. The number of carbonyl (C=O) groups is 2. The highest BCUT2D eigenvalue weighted by atomic mass is 32.2. The second-order valence-electron chi connectivity index (χ2n) is 9.74. The minimum Gasteiger partial charge on any atom is -0.352 e. The Bertz CT molecular complexity index is 1150. The molecule has 0 spiro atoms. The second kappa shape index (κ2) is 9.90. The van der Waals surface area contributed by atoms with E-state index in [-0.39, 0.29) is 22.6 Å². The summed E-state index contributed by atoms with van der Waals surface area (Å²) in [4.78, 5) is 28.4. The van der Waals surface area contributed by atoms with E-state index < -0.39 is 14.6 Å². The lowest BCUT2D eigenvalue weighted by Crippen LogP contribution is -2.55. The number of likely N-dealkylation sites (tertiary alicyclic amines) is 1. The van der Waals surface area contributed by atoms with Gasteiger partial charge in [0.05, 0.1) is 4.90 Å². The van der Waals surface area contributed by atoms with Crippen LogP contribution in [0.4, 0.5) is 0 Å². The van der Waals surface area contributed by atoms with Crippen molar-refractivity contribution >= 4 is 21.7 Å². The van der Waals surface area contributed by atoms with E-state index in [1.54, 1.807) is 17.9 Å². The van der Waals surface area contributed by atoms with Crippen molar-refractivity contribution in [3.8, 4) is 0 Å². The van der Waals surface area contributed by atoms with Gasteiger partial charge in [-0.05, 0) is 62.3 Å². The molecule has 4 rings (SSSR count). The van der Waals surface area contributed by atoms with E-state index in [9.17, 15) is 18.0 Å². The van der Waals surface area contributed by atoms with E-state index in [2.05, 4.69) is 5.32 Å². The molecule has 1 heterocycles. The van der Waals surface area contributed by atoms with E-state index in [1.807, 2.05) is 49.4 Å². The van der Waals surface area contributed by atoms with E-state index >= 15 is 0 Å². The summed E-state index contributed by atoms with van der Waals surface area (Å²) in [6, 6.07) is 15.2. The lowest BCUT2D eigenvalue weighted by atomic mass is 9.94. The molecule has 2 aliphatic rings. The van der Waals surface area contributed by atoms with Crippen LogP contribution in [0.2, 0.25) is 0 Å². The highest BCUT2D eigenvalue weighted by Crippen LogP contribution is 2.43. The fraction of sp³-hybridized carbons (Fsp3) is 0.481. The molecule has 2 amide bonds. The van der Waals surface area contributed by atoms with Crippen LogP contribution in [0, 0.1) is 19.8 Å². The molecule has 0 bridgehead atoms. The molecule has 1 aliphatic heterocycles. The number of piperidine rings is 1. The van der Waals surface area contributed by atoms with Gasteiger partial charge in [-0.1, -0.05) is 55.3 Å².